The number of carboxylic acids is 1. The summed E-state index contributed by atoms with van der Waals surface area (Å²) in [6.07, 6.45) is 43.0. The maximum Gasteiger partial charge on any atom is 0.470 e. The van der Waals surface area contributed by atoms with Crippen molar-refractivity contribution in [1.29, 1.82) is 0 Å². The molecule has 9 atom stereocenters. The number of alkyl halides is 3. The second-order valence-corrected chi connectivity index (χ2v) is 35.2. The largest absolute Gasteiger partial charge is 0.480 e. The Labute approximate surface area is 655 Å². The Morgan fingerprint density at radius 3 is 1.09 bits per heavy atom. The third-order valence-electron chi connectivity index (χ3n) is 19.5. The molecule has 1 aliphatic rings. The first-order valence-electron chi connectivity index (χ1n) is 41.3. The highest BCUT2D eigenvalue weighted by Gasteiger charge is 2.52. The number of unbranched alkanes of at least 4 members (excludes halogenated alkanes) is 42. The van der Waals surface area contributed by atoms with E-state index in [1.165, 1.54) is 83.5 Å². The molecular formula is C78H148I3N2O19P. The van der Waals surface area contributed by atoms with E-state index in [9.17, 15) is 53.0 Å². The van der Waals surface area contributed by atoms with Gasteiger partial charge in [-0.2, -0.15) is 0 Å². The van der Waals surface area contributed by atoms with Crippen molar-refractivity contribution in [2.75, 3.05) is 46.3 Å². The second kappa shape index (κ2) is 72.9. The number of carboxylic acid groups (broad SMARTS) is 1. The van der Waals surface area contributed by atoms with E-state index < -0.39 is 163 Å². The Bertz CT molecular complexity index is 2090. The molecule has 2 amide bonds. The number of esters is 1. The fraction of sp³-hybridized carbons (Fsp3) is 0.949. The van der Waals surface area contributed by atoms with E-state index in [1.54, 1.807) is 0 Å². The van der Waals surface area contributed by atoms with Gasteiger partial charge >= 0.3 is 19.8 Å². The van der Waals surface area contributed by atoms with E-state index in [0.29, 0.717) is 39.1 Å². The van der Waals surface area contributed by atoms with Crippen LogP contribution in [0, 0.1) is 0 Å². The van der Waals surface area contributed by atoms with Crippen LogP contribution in [-0.2, 0) is 65.9 Å². The number of ether oxygens (including phenoxy) is 6. The SMILES string of the molecule is CCCCCCCCCCC[C@H](CC(=O)N[C@@H](CO[C@@H]1OC(CO)[C@@H](OP(=O)(O)O)C(OC(=O)C[C@@H](CCCCCCCCCCC)OCCCCCCCCCI=O)[C@@H]1NC(=O)C[C@@H](CCCCCCCCCCC)OCCCCCCCCCI=O)C(=O)O)OCCCCCCCCCI=O. The van der Waals surface area contributed by atoms with E-state index in [-0.39, 0.29) is 19.3 Å². The molecule has 0 aromatic carbocycles. The zero-order valence-corrected chi connectivity index (χ0v) is 71.9. The van der Waals surface area contributed by atoms with Gasteiger partial charge < -0.3 is 59.1 Å². The predicted molar refractivity (Wildman–Crippen MR) is 434 cm³/mol. The third kappa shape index (κ3) is 60.7. The molecule has 0 saturated carbocycles. The van der Waals surface area contributed by atoms with Gasteiger partial charge in [-0.05, 0) is 57.8 Å². The first-order chi connectivity index (χ1) is 50.2. The van der Waals surface area contributed by atoms with Crippen molar-refractivity contribution in [2.45, 2.75) is 422 Å². The fourth-order valence-electron chi connectivity index (χ4n) is 13.4. The molecule has 1 aliphatic heterocycles. The van der Waals surface area contributed by atoms with Crippen molar-refractivity contribution >= 4 is 95.2 Å². The highest BCUT2D eigenvalue weighted by Crippen LogP contribution is 2.42. The fourth-order valence-corrected chi connectivity index (χ4v) is 16.5. The van der Waals surface area contributed by atoms with Gasteiger partial charge in [0.05, 0.1) is 50.8 Å². The summed E-state index contributed by atoms with van der Waals surface area (Å²) >= 11 is -2.77. The Morgan fingerprint density at radius 1 is 0.437 bits per heavy atom. The van der Waals surface area contributed by atoms with Crippen molar-refractivity contribution in [3.63, 3.8) is 0 Å². The second-order valence-electron chi connectivity index (χ2n) is 28.9. The molecule has 1 heterocycles. The van der Waals surface area contributed by atoms with Crippen LogP contribution in [0.5, 0.6) is 0 Å². The molecule has 0 aliphatic carbocycles. The van der Waals surface area contributed by atoms with E-state index >= 15 is 0 Å². The standard InChI is InChI=1S/C78H148I3N2O19P/c1-4-7-10-13-16-19-25-34-43-52-66(96-58-49-40-31-22-28-37-46-55-79-90)61-71(85)82-69(77(88)89)65-99-78-74(83-72(86)62-67(53-44-35-26-20-17-14-11-8-5-2)97-59-50-41-32-23-29-38-47-56-80-91)76(75(70(64-84)100-78)102-103(93,94)95)101-73(87)63-68(54-45-36-27-21-18-15-12-9-6-3)98-60-51-42-33-24-30-39-48-57-81-92/h66-70,74-76,78,84H,4-65H2,1-3H3,(H,82,85)(H,83,86)(H,88,89)(H2,93,94,95)/t66-,67-,68-,69+,70?,74+,75-,76?,78-/m1/s1. The highest BCUT2D eigenvalue weighted by molar-refractivity contribution is 14.1. The minimum Gasteiger partial charge on any atom is -0.480 e. The molecule has 1 fully saturated rings. The van der Waals surface area contributed by atoms with Gasteiger partial charge in [0, 0.05) is 33.1 Å². The molecule has 6 N–H and O–H groups in total. The maximum atomic E-state index is 14.8. The number of carbonyl (C=O) groups is 4. The molecule has 1 rings (SSSR count). The zero-order chi connectivity index (χ0) is 75.3. The summed E-state index contributed by atoms with van der Waals surface area (Å²) in [5, 5.41) is 27.2. The van der Waals surface area contributed by atoms with Crippen LogP contribution >= 0.6 is 71.4 Å². The van der Waals surface area contributed by atoms with Crippen LogP contribution in [-0.4, -0.2) is 145 Å². The number of amides is 2. The Balaban J connectivity index is 3.74. The molecule has 0 aromatic rings. The number of carbonyl (C=O) groups excluding carboxylic acids is 3. The molecule has 103 heavy (non-hydrogen) atoms. The number of rotatable bonds is 79. The molecule has 25 heteroatoms. The topological polar surface area (TPSA) is 306 Å². The summed E-state index contributed by atoms with van der Waals surface area (Å²) in [6.45, 7) is 6.15. The lowest BCUT2D eigenvalue weighted by molar-refractivity contribution is -0.272. The molecule has 610 valence electrons. The van der Waals surface area contributed by atoms with Crippen molar-refractivity contribution in [3.8, 4) is 0 Å². The Hall–Kier alpha value is -0.660. The van der Waals surface area contributed by atoms with Gasteiger partial charge in [-0.25, -0.2) is 9.36 Å². The van der Waals surface area contributed by atoms with Crippen LogP contribution < -0.4 is 10.6 Å². The van der Waals surface area contributed by atoms with Crippen LogP contribution in [0.25, 0.3) is 0 Å². The quantitative estimate of drug-likeness (QED) is 0.0108. The van der Waals surface area contributed by atoms with Crippen LogP contribution in [0.2, 0.25) is 0 Å². The summed E-state index contributed by atoms with van der Waals surface area (Å²) in [6, 6.07) is -3.30. The van der Waals surface area contributed by atoms with Crippen molar-refractivity contribution in [1.82, 2.24) is 10.6 Å². The molecule has 0 radical (unpaired) electrons. The van der Waals surface area contributed by atoms with E-state index in [2.05, 4.69) is 31.4 Å². The first kappa shape index (κ1) is 100. The van der Waals surface area contributed by atoms with Crippen LogP contribution in [0.15, 0.2) is 0 Å². The van der Waals surface area contributed by atoms with Crippen LogP contribution in [0.4, 0.5) is 0 Å². The summed E-state index contributed by atoms with van der Waals surface area (Å²) in [5.74, 6) is -3.47. The van der Waals surface area contributed by atoms with Crippen molar-refractivity contribution < 1.29 is 85.9 Å². The zero-order valence-electron chi connectivity index (χ0n) is 64.5. The summed E-state index contributed by atoms with van der Waals surface area (Å²) in [7, 11) is -5.47. The maximum absolute atomic E-state index is 14.8. The third-order valence-corrected chi connectivity index (χ3v) is 23.6. The Kier molecular flexibility index (Phi) is 71.0. The number of aliphatic carboxylic acids is 1. The van der Waals surface area contributed by atoms with E-state index in [0.717, 1.165) is 238 Å². The minimum atomic E-state index is -5.47. The van der Waals surface area contributed by atoms with Gasteiger partial charge in [-0.15, -0.1) is 0 Å². The first-order valence-corrected chi connectivity index (χ1v) is 50.0. The van der Waals surface area contributed by atoms with Crippen LogP contribution in [0.3, 0.4) is 0 Å². The van der Waals surface area contributed by atoms with E-state index in [4.69, 9.17) is 32.9 Å². The molecule has 0 spiro atoms. The summed E-state index contributed by atoms with van der Waals surface area (Å²) in [4.78, 5) is 77.8. The highest BCUT2D eigenvalue weighted by atomic mass is 127. The van der Waals surface area contributed by atoms with Crippen molar-refractivity contribution in [2.24, 2.45) is 0 Å². The lowest BCUT2D eigenvalue weighted by atomic mass is 9.95. The van der Waals surface area contributed by atoms with Crippen LogP contribution in [0.1, 0.15) is 367 Å². The van der Waals surface area contributed by atoms with Gasteiger partial charge in [0.1, 0.15) is 81.8 Å². The molecule has 0 aromatic heterocycles. The number of nitrogens with one attached hydrogen (secondary N) is 2. The normalized spacial score (nSPS) is 17.5. The summed E-state index contributed by atoms with van der Waals surface area (Å²) < 4.78 is 92.0. The van der Waals surface area contributed by atoms with Gasteiger partial charge in [0.25, 0.3) is 0 Å². The van der Waals surface area contributed by atoms with Gasteiger partial charge in [0.15, 0.2) is 18.4 Å². The number of aliphatic hydroxyl groups excluding tert-OH is 1. The minimum absolute atomic E-state index is 0.114. The number of phosphoric ester groups is 1. The lowest BCUT2D eigenvalue weighted by Gasteiger charge is -2.45. The number of hydrogen-bond donors (Lipinski definition) is 6. The van der Waals surface area contributed by atoms with E-state index in [1.807, 2.05) is 0 Å². The lowest BCUT2D eigenvalue weighted by Crippen LogP contribution is -2.66. The average Bonchev–Trinajstić information content (AvgIpc) is 0.781. The Morgan fingerprint density at radius 2 is 0.757 bits per heavy atom. The monoisotopic (exact) mass is 1830 g/mol. The van der Waals surface area contributed by atoms with Gasteiger partial charge in [-0.1, -0.05) is 290 Å². The number of phosphoric acid groups is 1. The number of halogens is 3. The van der Waals surface area contributed by atoms with Gasteiger partial charge in [0.2, 0.25) is 11.8 Å². The predicted octanol–water partition coefficient (Wildman–Crippen LogP) is 20.4. The average molecular weight is 1830 g/mol. The molecular weight excluding hydrogens is 1680 g/mol. The summed E-state index contributed by atoms with van der Waals surface area (Å²) in [5.41, 5.74) is 0. The molecule has 0 bridgehead atoms. The van der Waals surface area contributed by atoms with Crippen molar-refractivity contribution in [3.05, 3.63) is 0 Å². The molecule has 2 unspecified atom stereocenters. The molecule has 1 saturated heterocycles. The van der Waals surface area contributed by atoms with Gasteiger partial charge in [-0.3, -0.25) is 28.1 Å². The number of hydrogen-bond acceptors (Lipinski definition) is 16. The number of aliphatic hydroxyl groups is 1. The smallest absolute Gasteiger partial charge is 0.470 e. The molecule has 21 nitrogen and oxygen atoms in total.